The van der Waals surface area contributed by atoms with E-state index in [9.17, 15) is 8.42 Å². The Hall–Kier alpha value is -1.67. The number of halogens is 1. The van der Waals surface area contributed by atoms with E-state index in [1.165, 1.54) is 3.97 Å². The van der Waals surface area contributed by atoms with Crippen molar-refractivity contribution in [3.8, 4) is 0 Å². The van der Waals surface area contributed by atoms with Crippen molar-refractivity contribution in [1.29, 1.82) is 0 Å². The molecule has 0 atom stereocenters. The standard InChI is InChI=1S/C22H26BrN3O2S/c1-16(2)17-3-6-20(7-4-17)29(27,28)26-15-18(14-25-11-9-24-10-12-25)21-13-19(23)5-8-22(21)26/h3-8,13,15-16,24H,9-12,14H2,1-2H3. The molecule has 1 aliphatic heterocycles. The second-order valence-electron chi connectivity index (χ2n) is 7.87. The lowest BCUT2D eigenvalue weighted by Gasteiger charge is -2.26. The first-order valence-corrected chi connectivity index (χ1v) is 12.2. The molecule has 0 spiro atoms. The summed E-state index contributed by atoms with van der Waals surface area (Å²) in [5, 5.41) is 4.33. The van der Waals surface area contributed by atoms with Gasteiger partial charge in [0.1, 0.15) is 0 Å². The minimum atomic E-state index is -3.67. The fourth-order valence-corrected chi connectivity index (χ4v) is 5.56. The zero-order chi connectivity index (χ0) is 20.6. The van der Waals surface area contributed by atoms with Gasteiger partial charge in [0, 0.05) is 48.8 Å². The van der Waals surface area contributed by atoms with E-state index in [4.69, 9.17) is 0 Å². The monoisotopic (exact) mass is 475 g/mol. The quantitative estimate of drug-likeness (QED) is 0.601. The Balaban J connectivity index is 1.78. The molecule has 1 saturated heterocycles. The third-order valence-electron chi connectivity index (χ3n) is 5.52. The smallest absolute Gasteiger partial charge is 0.268 e. The highest BCUT2D eigenvalue weighted by atomic mass is 79.9. The Morgan fingerprint density at radius 1 is 1.07 bits per heavy atom. The molecule has 0 saturated carbocycles. The van der Waals surface area contributed by atoms with Gasteiger partial charge in [-0.15, -0.1) is 0 Å². The van der Waals surface area contributed by atoms with Crippen LogP contribution in [-0.4, -0.2) is 43.5 Å². The molecule has 7 heteroatoms. The topological polar surface area (TPSA) is 54.3 Å². The zero-order valence-corrected chi connectivity index (χ0v) is 19.1. The van der Waals surface area contributed by atoms with E-state index in [1.807, 2.05) is 30.3 Å². The second kappa shape index (κ2) is 8.22. The number of nitrogens with one attached hydrogen (secondary N) is 1. The number of benzene rings is 2. The molecule has 2 heterocycles. The molecule has 4 rings (SSSR count). The maximum atomic E-state index is 13.4. The first kappa shape index (κ1) is 20.6. The molecule has 29 heavy (non-hydrogen) atoms. The molecule has 0 radical (unpaired) electrons. The number of hydrogen-bond donors (Lipinski definition) is 1. The van der Waals surface area contributed by atoms with Crippen LogP contribution in [0.3, 0.4) is 0 Å². The van der Waals surface area contributed by atoms with Crippen molar-refractivity contribution in [2.75, 3.05) is 26.2 Å². The van der Waals surface area contributed by atoms with Gasteiger partial charge in [0.2, 0.25) is 0 Å². The van der Waals surface area contributed by atoms with E-state index in [0.717, 1.165) is 53.7 Å². The van der Waals surface area contributed by atoms with Gasteiger partial charge in [-0.3, -0.25) is 4.90 Å². The summed E-state index contributed by atoms with van der Waals surface area (Å²) in [6.45, 7) is 8.79. The number of rotatable bonds is 5. The lowest BCUT2D eigenvalue weighted by molar-refractivity contribution is 0.234. The molecular formula is C22H26BrN3O2S. The summed E-state index contributed by atoms with van der Waals surface area (Å²) in [6.07, 6.45) is 1.80. The van der Waals surface area contributed by atoms with Gasteiger partial charge in [0.15, 0.2) is 0 Å². The van der Waals surface area contributed by atoms with Crippen molar-refractivity contribution in [1.82, 2.24) is 14.2 Å². The largest absolute Gasteiger partial charge is 0.314 e. The second-order valence-corrected chi connectivity index (χ2v) is 10.6. The van der Waals surface area contributed by atoms with Gasteiger partial charge < -0.3 is 5.32 Å². The molecule has 1 fully saturated rings. The Bertz CT molecular complexity index is 1110. The summed E-state index contributed by atoms with van der Waals surface area (Å²) in [6, 6.07) is 13.0. The Morgan fingerprint density at radius 2 is 1.76 bits per heavy atom. The summed E-state index contributed by atoms with van der Waals surface area (Å²) in [5.74, 6) is 0.363. The molecule has 2 aromatic carbocycles. The third kappa shape index (κ3) is 4.14. The number of nitrogens with zero attached hydrogens (tertiary/aromatic N) is 2. The molecule has 154 valence electrons. The van der Waals surface area contributed by atoms with E-state index in [-0.39, 0.29) is 0 Å². The lowest BCUT2D eigenvalue weighted by atomic mass is 10.0. The predicted molar refractivity (Wildman–Crippen MR) is 121 cm³/mol. The van der Waals surface area contributed by atoms with Crippen LogP contribution in [0.2, 0.25) is 0 Å². The lowest BCUT2D eigenvalue weighted by Crippen LogP contribution is -2.42. The van der Waals surface area contributed by atoms with E-state index in [1.54, 1.807) is 18.3 Å². The van der Waals surface area contributed by atoms with Crippen LogP contribution in [-0.2, 0) is 16.6 Å². The van der Waals surface area contributed by atoms with Crippen LogP contribution in [0, 0.1) is 0 Å². The number of aromatic nitrogens is 1. The minimum absolute atomic E-state index is 0.315. The molecular weight excluding hydrogens is 450 g/mol. The first-order valence-electron chi connectivity index (χ1n) is 9.94. The maximum Gasteiger partial charge on any atom is 0.268 e. The van der Waals surface area contributed by atoms with Crippen LogP contribution in [0.25, 0.3) is 10.9 Å². The average molecular weight is 476 g/mol. The summed E-state index contributed by atoms with van der Waals surface area (Å²) in [4.78, 5) is 2.68. The summed E-state index contributed by atoms with van der Waals surface area (Å²) in [7, 11) is -3.67. The molecule has 1 aliphatic rings. The van der Waals surface area contributed by atoms with Crippen molar-refractivity contribution in [3.63, 3.8) is 0 Å². The van der Waals surface area contributed by atoms with Crippen LogP contribution in [0.15, 0.2) is 58.0 Å². The molecule has 5 nitrogen and oxygen atoms in total. The van der Waals surface area contributed by atoms with E-state index in [2.05, 4.69) is 40.0 Å². The molecule has 0 bridgehead atoms. The van der Waals surface area contributed by atoms with E-state index in [0.29, 0.717) is 16.3 Å². The summed E-state index contributed by atoms with van der Waals surface area (Å²) >= 11 is 3.54. The SMILES string of the molecule is CC(C)c1ccc(S(=O)(=O)n2cc(CN3CCNCC3)c3cc(Br)ccc32)cc1. The molecule has 1 N–H and O–H groups in total. The summed E-state index contributed by atoms with van der Waals surface area (Å²) in [5.41, 5.74) is 2.88. The van der Waals surface area contributed by atoms with Gasteiger partial charge in [-0.05, 0) is 47.4 Å². The highest BCUT2D eigenvalue weighted by Crippen LogP contribution is 2.30. The number of piperazine rings is 1. The molecule has 0 amide bonds. The molecule has 0 aliphatic carbocycles. The van der Waals surface area contributed by atoms with Crippen LogP contribution in [0.5, 0.6) is 0 Å². The van der Waals surface area contributed by atoms with Crippen LogP contribution < -0.4 is 5.32 Å². The van der Waals surface area contributed by atoms with Gasteiger partial charge in [-0.25, -0.2) is 12.4 Å². The Kier molecular flexibility index (Phi) is 5.84. The van der Waals surface area contributed by atoms with Gasteiger partial charge >= 0.3 is 0 Å². The zero-order valence-electron chi connectivity index (χ0n) is 16.7. The van der Waals surface area contributed by atoms with E-state index < -0.39 is 10.0 Å². The van der Waals surface area contributed by atoms with Gasteiger partial charge in [-0.1, -0.05) is 41.9 Å². The van der Waals surface area contributed by atoms with Crippen molar-refractivity contribution in [2.24, 2.45) is 0 Å². The van der Waals surface area contributed by atoms with Crippen molar-refractivity contribution in [2.45, 2.75) is 31.2 Å². The fourth-order valence-electron chi connectivity index (χ4n) is 3.81. The fraction of sp³-hybridized carbons (Fsp3) is 0.364. The average Bonchev–Trinajstić information content (AvgIpc) is 3.07. The maximum absolute atomic E-state index is 13.4. The van der Waals surface area contributed by atoms with Crippen LogP contribution >= 0.6 is 15.9 Å². The summed E-state index contributed by atoms with van der Waals surface area (Å²) < 4.78 is 29.3. The first-order chi connectivity index (χ1) is 13.9. The van der Waals surface area contributed by atoms with Crippen molar-refractivity contribution >= 4 is 36.9 Å². The van der Waals surface area contributed by atoms with Crippen molar-refractivity contribution < 1.29 is 8.42 Å². The van der Waals surface area contributed by atoms with E-state index >= 15 is 0 Å². The number of hydrogen-bond acceptors (Lipinski definition) is 4. The van der Waals surface area contributed by atoms with Crippen LogP contribution in [0.1, 0.15) is 30.9 Å². The highest BCUT2D eigenvalue weighted by Gasteiger charge is 2.23. The molecule has 0 unspecified atom stereocenters. The Morgan fingerprint density at radius 3 is 2.41 bits per heavy atom. The van der Waals surface area contributed by atoms with Gasteiger partial charge in [0.25, 0.3) is 10.0 Å². The van der Waals surface area contributed by atoms with Gasteiger partial charge in [0.05, 0.1) is 10.4 Å². The Labute approximate surface area is 180 Å². The highest BCUT2D eigenvalue weighted by molar-refractivity contribution is 9.10. The normalized spacial score (nSPS) is 16.0. The minimum Gasteiger partial charge on any atom is -0.314 e. The molecule has 1 aromatic heterocycles. The van der Waals surface area contributed by atoms with Crippen molar-refractivity contribution in [3.05, 3.63) is 64.3 Å². The molecule has 3 aromatic rings. The predicted octanol–water partition coefficient (Wildman–Crippen LogP) is 4.17. The van der Waals surface area contributed by atoms with Gasteiger partial charge in [-0.2, -0.15) is 0 Å². The number of fused-ring (bicyclic) bond motifs is 1. The van der Waals surface area contributed by atoms with Crippen LogP contribution in [0.4, 0.5) is 0 Å². The third-order valence-corrected chi connectivity index (χ3v) is 7.70.